The van der Waals surface area contributed by atoms with Gasteiger partial charge in [0.05, 0.1) is 32.0 Å². The molecule has 1 aromatic heterocycles. The summed E-state index contributed by atoms with van der Waals surface area (Å²) in [5, 5.41) is 10.6. The Hall–Kier alpha value is -2.74. The van der Waals surface area contributed by atoms with Gasteiger partial charge >= 0.3 is 0 Å². The first-order valence-electron chi connectivity index (χ1n) is 8.23. The summed E-state index contributed by atoms with van der Waals surface area (Å²) in [6.45, 7) is 4.46. The average Bonchev–Trinajstić information content (AvgIpc) is 3.01. The molecule has 2 aromatic rings. The topological polar surface area (TPSA) is 89.3 Å². The van der Waals surface area contributed by atoms with Crippen molar-refractivity contribution in [1.82, 2.24) is 25.2 Å². The van der Waals surface area contributed by atoms with E-state index < -0.39 is 5.91 Å². The van der Waals surface area contributed by atoms with E-state index in [2.05, 4.69) is 15.6 Å². The van der Waals surface area contributed by atoms with Gasteiger partial charge in [-0.2, -0.15) is 0 Å². The van der Waals surface area contributed by atoms with Crippen molar-refractivity contribution in [2.24, 2.45) is 0 Å². The smallest absolute Gasteiger partial charge is 0.274 e. The molecule has 1 aliphatic heterocycles. The van der Waals surface area contributed by atoms with Crippen molar-refractivity contribution in [2.75, 3.05) is 32.8 Å². The van der Waals surface area contributed by atoms with Gasteiger partial charge < -0.3 is 15.0 Å². The second kappa shape index (κ2) is 7.89. The van der Waals surface area contributed by atoms with Gasteiger partial charge in [0.15, 0.2) is 5.69 Å². The van der Waals surface area contributed by atoms with Crippen molar-refractivity contribution in [2.45, 2.75) is 13.5 Å². The summed E-state index contributed by atoms with van der Waals surface area (Å²) in [6, 6.07) is 9.82. The Morgan fingerprint density at radius 1 is 1.20 bits per heavy atom. The lowest BCUT2D eigenvalue weighted by molar-refractivity contribution is -0.134. The Kier molecular flexibility index (Phi) is 5.39. The van der Waals surface area contributed by atoms with E-state index in [9.17, 15) is 9.59 Å². The zero-order valence-corrected chi connectivity index (χ0v) is 14.1. The first kappa shape index (κ1) is 17.1. The van der Waals surface area contributed by atoms with Gasteiger partial charge in [0.2, 0.25) is 5.91 Å². The summed E-state index contributed by atoms with van der Waals surface area (Å²) >= 11 is 0. The Labute approximate surface area is 145 Å². The van der Waals surface area contributed by atoms with E-state index in [0.717, 1.165) is 5.56 Å². The zero-order valence-electron chi connectivity index (χ0n) is 14.1. The molecule has 0 spiro atoms. The summed E-state index contributed by atoms with van der Waals surface area (Å²) < 4.78 is 6.88. The predicted octanol–water partition coefficient (Wildman–Crippen LogP) is 0.223. The van der Waals surface area contributed by atoms with Gasteiger partial charge in [0, 0.05) is 13.1 Å². The summed E-state index contributed by atoms with van der Waals surface area (Å²) in [5.41, 5.74) is 1.98. The maximum atomic E-state index is 12.3. The fourth-order valence-corrected chi connectivity index (χ4v) is 2.64. The highest BCUT2D eigenvalue weighted by atomic mass is 16.5. The Balaban J connectivity index is 1.58. The first-order valence-corrected chi connectivity index (χ1v) is 8.23. The standard InChI is InChI=1S/C17H21N5O3/c1-13-16(19-20-22(13)12-14-5-3-2-4-6-14)17(24)18-11-15(23)21-7-9-25-10-8-21/h2-6H,7-12H2,1H3,(H,18,24). The number of nitrogens with zero attached hydrogens (tertiary/aromatic N) is 4. The normalized spacial score (nSPS) is 14.4. The van der Waals surface area contributed by atoms with E-state index >= 15 is 0 Å². The van der Waals surface area contributed by atoms with Gasteiger partial charge in [0.25, 0.3) is 5.91 Å². The molecule has 2 heterocycles. The van der Waals surface area contributed by atoms with E-state index in [1.807, 2.05) is 30.3 Å². The summed E-state index contributed by atoms with van der Waals surface area (Å²) in [5.74, 6) is -0.510. The number of carbonyl (C=O) groups is 2. The van der Waals surface area contributed by atoms with Crippen molar-refractivity contribution < 1.29 is 14.3 Å². The molecule has 3 rings (SSSR count). The quantitative estimate of drug-likeness (QED) is 0.839. The second-order valence-electron chi connectivity index (χ2n) is 5.84. The predicted molar refractivity (Wildman–Crippen MR) is 90.0 cm³/mol. The molecule has 1 aromatic carbocycles. The van der Waals surface area contributed by atoms with Gasteiger partial charge in [-0.15, -0.1) is 5.10 Å². The highest BCUT2D eigenvalue weighted by molar-refractivity contribution is 5.95. The lowest BCUT2D eigenvalue weighted by Crippen LogP contribution is -2.45. The molecule has 0 radical (unpaired) electrons. The maximum Gasteiger partial charge on any atom is 0.274 e. The van der Waals surface area contributed by atoms with Gasteiger partial charge in [-0.3, -0.25) is 9.59 Å². The highest BCUT2D eigenvalue weighted by Gasteiger charge is 2.20. The third-order valence-electron chi connectivity index (χ3n) is 4.14. The van der Waals surface area contributed by atoms with Crippen molar-refractivity contribution in [3.63, 3.8) is 0 Å². The van der Waals surface area contributed by atoms with Crippen molar-refractivity contribution in [3.05, 3.63) is 47.3 Å². The summed E-state index contributed by atoms with van der Waals surface area (Å²) in [4.78, 5) is 26.1. The van der Waals surface area contributed by atoms with Crippen LogP contribution in [0.2, 0.25) is 0 Å². The molecule has 0 atom stereocenters. The molecular weight excluding hydrogens is 322 g/mol. The molecule has 0 unspecified atom stereocenters. The van der Waals surface area contributed by atoms with Crippen LogP contribution in [0.3, 0.4) is 0 Å². The van der Waals surface area contributed by atoms with Crippen LogP contribution in [-0.2, 0) is 16.1 Å². The van der Waals surface area contributed by atoms with Crippen LogP contribution in [0, 0.1) is 6.92 Å². The van der Waals surface area contributed by atoms with Crippen LogP contribution in [0.5, 0.6) is 0 Å². The molecule has 8 nitrogen and oxygen atoms in total. The molecule has 1 aliphatic rings. The number of nitrogens with one attached hydrogen (secondary N) is 1. The number of aromatic nitrogens is 3. The van der Waals surface area contributed by atoms with E-state index in [-0.39, 0.29) is 18.1 Å². The number of hydrogen-bond donors (Lipinski definition) is 1. The molecule has 1 N–H and O–H groups in total. The molecule has 1 fully saturated rings. The third-order valence-corrected chi connectivity index (χ3v) is 4.14. The average molecular weight is 343 g/mol. The number of benzene rings is 1. The van der Waals surface area contributed by atoms with Crippen molar-refractivity contribution in [3.8, 4) is 0 Å². The largest absolute Gasteiger partial charge is 0.378 e. The minimum absolute atomic E-state index is 0.0518. The molecule has 1 saturated heterocycles. The summed E-state index contributed by atoms with van der Waals surface area (Å²) in [7, 11) is 0. The maximum absolute atomic E-state index is 12.3. The molecule has 25 heavy (non-hydrogen) atoms. The lowest BCUT2D eigenvalue weighted by Gasteiger charge is -2.26. The summed E-state index contributed by atoms with van der Waals surface area (Å²) in [6.07, 6.45) is 0. The van der Waals surface area contributed by atoms with Crippen LogP contribution in [-0.4, -0.2) is 64.6 Å². The lowest BCUT2D eigenvalue weighted by atomic mass is 10.2. The Bertz CT molecular complexity index is 738. The van der Waals surface area contributed by atoms with E-state index in [1.54, 1.807) is 16.5 Å². The van der Waals surface area contributed by atoms with Crippen LogP contribution in [0.25, 0.3) is 0 Å². The number of hydrogen-bond acceptors (Lipinski definition) is 5. The fourth-order valence-electron chi connectivity index (χ4n) is 2.64. The zero-order chi connectivity index (χ0) is 17.6. The number of carbonyl (C=O) groups excluding carboxylic acids is 2. The van der Waals surface area contributed by atoms with Crippen molar-refractivity contribution >= 4 is 11.8 Å². The number of amides is 2. The molecule has 8 heteroatoms. The van der Waals surface area contributed by atoms with Crippen LogP contribution >= 0.6 is 0 Å². The SMILES string of the molecule is Cc1c(C(=O)NCC(=O)N2CCOCC2)nnn1Cc1ccccc1. The minimum Gasteiger partial charge on any atom is -0.378 e. The molecular formula is C17H21N5O3. The molecule has 2 amide bonds. The van der Waals surface area contributed by atoms with E-state index in [0.29, 0.717) is 38.5 Å². The minimum atomic E-state index is -0.390. The van der Waals surface area contributed by atoms with E-state index in [1.165, 1.54) is 0 Å². The fraction of sp³-hybridized carbons (Fsp3) is 0.412. The number of morpholine rings is 1. The van der Waals surface area contributed by atoms with Crippen LogP contribution < -0.4 is 5.32 Å². The highest BCUT2D eigenvalue weighted by Crippen LogP contribution is 2.08. The van der Waals surface area contributed by atoms with E-state index in [4.69, 9.17) is 4.74 Å². The van der Waals surface area contributed by atoms with Crippen LogP contribution in [0.1, 0.15) is 21.7 Å². The van der Waals surface area contributed by atoms with Gasteiger partial charge in [-0.25, -0.2) is 4.68 Å². The third kappa shape index (κ3) is 4.21. The number of rotatable bonds is 5. The van der Waals surface area contributed by atoms with Crippen molar-refractivity contribution in [1.29, 1.82) is 0 Å². The van der Waals surface area contributed by atoms with Crippen LogP contribution in [0.15, 0.2) is 30.3 Å². The molecule has 0 aliphatic carbocycles. The second-order valence-corrected chi connectivity index (χ2v) is 5.84. The first-order chi connectivity index (χ1) is 12.1. The monoisotopic (exact) mass is 343 g/mol. The molecule has 132 valence electrons. The van der Waals surface area contributed by atoms with Gasteiger partial charge in [0.1, 0.15) is 0 Å². The van der Waals surface area contributed by atoms with Gasteiger partial charge in [-0.05, 0) is 12.5 Å². The molecule has 0 bridgehead atoms. The molecule has 0 saturated carbocycles. The van der Waals surface area contributed by atoms with Gasteiger partial charge in [-0.1, -0.05) is 35.5 Å². The van der Waals surface area contributed by atoms with Crippen LogP contribution in [0.4, 0.5) is 0 Å². The Morgan fingerprint density at radius 2 is 1.92 bits per heavy atom. The number of ether oxygens (including phenoxy) is 1. The Morgan fingerprint density at radius 3 is 2.64 bits per heavy atom.